The number of aliphatic hydroxyl groups is 1. The van der Waals surface area contributed by atoms with E-state index in [-0.39, 0.29) is 16.4 Å². The first kappa shape index (κ1) is 18.4. The summed E-state index contributed by atoms with van der Waals surface area (Å²) in [6.45, 7) is 21.9. The van der Waals surface area contributed by atoms with E-state index in [4.69, 9.17) is 4.43 Å². The lowest BCUT2D eigenvalue weighted by molar-refractivity contribution is -0.226. The third-order valence-electron chi connectivity index (χ3n) is 3.51. The van der Waals surface area contributed by atoms with Crippen molar-refractivity contribution in [3.8, 4) is 0 Å². The van der Waals surface area contributed by atoms with Gasteiger partial charge in [0, 0.05) is 19.8 Å². The highest BCUT2D eigenvalue weighted by atomic mass is 28.3. The topological polar surface area (TPSA) is 29.5 Å². The van der Waals surface area contributed by atoms with E-state index in [0.717, 1.165) is 0 Å². The van der Waals surface area contributed by atoms with Gasteiger partial charge in [-0.2, -0.15) is 0 Å². The molecular weight excluding hydrogens is 256 g/mol. The molecule has 1 N–H and O–H groups in total. The second kappa shape index (κ2) is 5.77. The summed E-state index contributed by atoms with van der Waals surface area (Å²) in [7, 11) is -2.34. The van der Waals surface area contributed by atoms with Crippen LogP contribution in [0.25, 0.3) is 0 Å². The van der Waals surface area contributed by atoms with E-state index in [1.807, 2.05) is 0 Å². The second-order valence-corrected chi connectivity index (χ2v) is 13.7. The van der Waals surface area contributed by atoms with Crippen molar-refractivity contribution in [3.05, 3.63) is 0 Å². The lowest BCUT2D eigenvalue weighted by Crippen LogP contribution is -2.57. The second-order valence-electron chi connectivity index (χ2n) is 8.20. The van der Waals surface area contributed by atoms with Crippen LogP contribution in [0.4, 0.5) is 0 Å². The fourth-order valence-corrected chi connectivity index (χ4v) is 7.97. The first-order valence-electron chi connectivity index (χ1n) is 7.13. The SMILES string of the molecule is C[SiH](C)OC(O)(C([SiH](C)C)C(C)(C)C)C(C)(C)C. The smallest absolute Gasteiger partial charge is 0.174 e. The molecule has 110 valence electrons. The van der Waals surface area contributed by atoms with Crippen molar-refractivity contribution in [1.82, 2.24) is 0 Å². The van der Waals surface area contributed by atoms with Crippen molar-refractivity contribution in [2.24, 2.45) is 10.8 Å². The van der Waals surface area contributed by atoms with Crippen molar-refractivity contribution >= 4 is 17.8 Å². The van der Waals surface area contributed by atoms with Gasteiger partial charge in [0.05, 0.1) is 0 Å². The molecule has 0 amide bonds. The van der Waals surface area contributed by atoms with E-state index in [9.17, 15) is 5.11 Å². The maximum absolute atomic E-state index is 11.3. The lowest BCUT2D eigenvalue weighted by Gasteiger charge is -2.52. The summed E-state index contributed by atoms with van der Waals surface area (Å²) in [5.41, 5.74) is 0.0745. The fourth-order valence-electron chi connectivity index (χ4n) is 3.11. The summed E-state index contributed by atoms with van der Waals surface area (Å²) in [6.07, 6.45) is 0. The summed E-state index contributed by atoms with van der Waals surface area (Å²) in [5.74, 6) is -0.994. The van der Waals surface area contributed by atoms with Crippen LogP contribution in [0.15, 0.2) is 0 Å². The van der Waals surface area contributed by atoms with Gasteiger partial charge in [-0.05, 0) is 18.5 Å². The Bertz CT molecular complexity index is 264. The zero-order valence-electron chi connectivity index (χ0n) is 14.1. The van der Waals surface area contributed by atoms with Crippen molar-refractivity contribution in [1.29, 1.82) is 0 Å². The van der Waals surface area contributed by atoms with Gasteiger partial charge in [0.1, 0.15) is 0 Å². The molecule has 0 radical (unpaired) electrons. The van der Waals surface area contributed by atoms with E-state index in [2.05, 4.69) is 67.7 Å². The molecule has 2 nitrogen and oxygen atoms in total. The van der Waals surface area contributed by atoms with Crippen LogP contribution in [-0.4, -0.2) is 28.7 Å². The Kier molecular flexibility index (Phi) is 5.89. The minimum Gasteiger partial charge on any atom is -0.394 e. The Morgan fingerprint density at radius 1 is 0.889 bits per heavy atom. The molecule has 0 bridgehead atoms. The van der Waals surface area contributed by atoms with E-state index in [0.29, 0.717) is 0 Å². The van der Waals surface area contributed by atoms with Crippen LogP contribution in [0.3, 0.4) is 0 Å². The zero-order chi connectivity index (χ0) is 14.9. The molecule has 0 saturated heterocycles. The lowest BCUT2D eigenvalue weighted by atomic mass is 9.75. The molecule has 0 rings (SSSR count). The highest BCUT2D eigenvalue weighted by Crippen LogP contribution is 2.51. The standard InChI is InChI=1S/C14H34O2Si2/c1-12(2,3)11(17(7)8)14(15,13(4,5)6)16-18(9)10/h11,15,17-18H,1-10H3. The number of hydrogen-bond donors (Lipinski definition) is 1. The molecule has 2 unspecified atom stereocenters. The summed E-state index contributed by atoms with van der Waals surface area (Å²) in [5, 5.41) is 11.3. The van der Waals surface area contributed by atoms with Crippen LogP contribution in [0.1, 0.15) is 41.5 Å². The van der Waals surface area contributed by atoms with Gasteiger partial charge >= 0.3 is 0 Å². The monoisotopic (exact) mass is 290 g/mol. The predicted molar refractivity (Wildman–Crippen MR) is 86.4 cm³/mol. The summed E-state index contributed by atoms with van der Waals surface area (Å²) in [4.78, 5) is 0. The van der Waals surface area contributed by atoms with Crippen LogP contribution in [0.2, 0.25) is 31.7 Å². The minimum atomic E-state index is -1.29. The zero-order valence-corrected chi connectivity index (χ0v) is 16.4. The van der Waals surface area contributed by atoms with Gasteiger partial charge in [-0.25, -0.2) is 0 Å². The molecule has 0 aliphatic carbocycles. The highest BCUT2D eigenvalue weighted by Gasteiger charge is 2.53. The van der Waals surface area contributed by atoms with Crippen molar-refractivity contribution in [3.63, 3.8) is 0 Å². The molecule has 0 saturated carbocycles. The highest BCUT2D eigenvalue weighted by molar-refractivity contribution is 6.58. The normalized spacial score (nSPS) is 19.2. The van der Waals surface area contributed by atoms with Crippen LogP contribution in [0, 0.1) is 10.8 Å². The molecule has 4 heteroatoms. The van der Waals surface area contributed by atoms with Gasteiger partial charge in [-0.15, -0.1) is 0 Å². The summed E-state index contributed by atoms with van der Waals surface area (Å²) >= 11 is 0. The Labute approximate surface area is 117 Å². The van der Waals surface area contributed by atoms with E-state index >= 15 is 0 Å². The van der Waals surface area contributed by atoms with Crippen molar-refractivity contribution < 1.29 is 9.53 Å². The van der Waals surface area contributed by atoms with Crippen molar-refractivity contribution in [2.75, 3.05) is 0 Å². The Morgan fingerprint density at radius 2 is 1.28 bits per heavy atom. The average Bonchev–Trinajstić information content (AvgIpc) is 1.94. The van der Waals surface area contributed by atoms with Crippen LogP contribution >= 0.6 is 0 Å². The van der Waals surface area contributed by atoms with Gasteiger partial charge < -0.3 is 9.53 Å². The van der Waals surface area contributed by atoms with E-state index < -0.39 is 23.6 Å². The molecule has 0 fully saturated rings. The van der Waals surface area contributed by atoms with Crippen LogP contribution < -0.4 is 0 Å². The van der Waals surface area contributed by atoms with Crippen LogP contribution in [-0.2, 0) is 4.43 Å². The molecular formula is C14H34O2Si2. The molecule has 0 aliphatic rings. The van der Waals surface area contributed by atoms with Crippen LogP contribution in [0.5, 0.6) is 0 Å². The molecule has 0 aromatic rings. The van der Waals surface area contributed by atoms with Gasteiger partial charge in [0.2, 0.25) is 0 Å². The summed E-state index contributed by atoms with van der Waals surface area (Å²) < 4.78 is 6.18. The summed E-state index contributed by atoms with van der Waals surface area (Å²) in [6, 6.07) is 0. The first-order valence-corrected chi connectivity index (χ1v) is 12.9. The van der Waals surface area contributed by atoms with Gasteiger partial charge in [0.15, 0.2) is 14.8 Å². The predicted octanol–water partition coefficient (Wildman–Crippen LogP) is 3.62. The molecule has 0 spiro atoms. The minimum absolute atomic E-state index is 0.0751. The third kappa shape index (κ3) is 4.18. The molecule has 0 aromatic heterocycles. The molecule has 0 aliphatic heterocycles. The molecule has 0 aromatic carbocycles. The van der Waals surface area contributed by atoms with Gasteiger partial charge in [0.25, 0.3) is 0 Å². The fraction of sp³-hybridized carbons (Fsp3) is 1.00. The average molecular weight is 291 g/mol. The Morgan fingerprint density at radius 3 is 1.44 bits per heavy atom. The first-order chi connectivity index (χ1) is 7.73. The quantitative estimate of drug-likeness (QED) is 0.633. The van der Waals surface area contributed by atoms with E-state index in [1.54, 1.807) is 0 Å². The maximum Gasteiger partial charge on any atom is 0.174 e. The molecule has 0 heterocycles. The third-order valence-corrected chi connectivity index (χ3v) is 7.13. The Hall–Kier alpha value is 0.354. The molecule has 18 heavy (non-hydrogen) atoms. The molecule has 2 atom stereocenters. The van der Waals surface area contributed by atoms with Gasteiger partial charge in [-0.3, -0.25) is 0 Å². The van der Waals surface area contributed by atoms with E-state index in [1.165, 1.54) is 0 Å². The number of hydrogen-bond acceptors (Lipinski definition) is 2. The van der Waals surface area contributed by atoms with Crippen molar-refractivity contribution in [2.45, 2.75) is 79.1 Å². The van der Waals surface area contributed by atoms with Gasteiger partial charge in [-0.1, -0.05) is 54.6 Å². The Balaban J connectivity index is 5.67. The number of rotatable bonds is 4. The maximum atomic E-state index is 11.3. The largest absolute Gasteiger partial charge is 0.394 e.